The van der Waals surface area contributed by atoms with Gasteiger partial charge in [0, 0.05) is 6.54 Å². The highest BCUT2D eigenvalue weighted by Gasteiger charge is 2.40. The minimum atomic E-state index is -0.886. The number of carbonyl (C=O) groups excluding carboxylic acids is 1. The van der Waals surface area contributed by atoms with Gasteiger partial charge in [-0.2, -0.15) is 0 Å². The molecule has 1 aliphatic heterocycles. The second kappa shape index (κ2) is 5.69. The van der Waals surface area contributed by atoms with Crippen LogP contribution in [0.15, 0.2) is 0 Å². The van der Waals surface area contributed by atoms with Crippen molar-refractivity contribution in [2.24, 2.45) is 5.41 Å². The summed E-state index contributed by atoms with van der Waals surface area (Å²) in [6.07, 6.45) is 3.04. The number of nitrogens with one attached hydrogen (secondary N) is 2. The Morgan fingerprint density at radius 1 is 1.44 bits per heavy atom. The Kier molecular flexibility index (Phi) is 4.73. The van der Waals surface area contributed by atoms with Crippen LogP contribution in [0.2, 0.25) is 0 Å². The van der Waals surface area contributed by atoms with E-state index in [2.05, 4.69) is 10.6 Å². The van der Waals surface area contributed by atoms with E-state index in [1.807, 2.05) is 13.8 Å². The Labute approximate surface area is 108 Å². The van der Waals surface area contributed by atoms with Crippen LogP contribution in [-0.4, -0.2) is 35.6 Å². The fourth-order valence-corrected chi connectivity index (χ4v) is 2.26. The zero-order valence-electron chi connectivity index (χ0n) is 11.5. The lowest BCUT2D eigenvalue weighted by molar-refractivity contribution is -0.148. The summed E-state index contributed by atoms with van der Waals surface area (Å²) >= 11 is 0. The van der Waals surface area contributed by atoms with Crippen molar-refractivity contribution in [1.29, 1.82) is 0 Å². The molecule has 2 unspecified atom stereocenters. The molecule has 5 heteroatoms. The molecular formula is C13H24N2O3. The fourth-order valence-electron chi connectivity index (χ4n) is 2.26. The molecule has 0 saturated carbocycles. The number of aliphatic carboxylic acids is 1. The number of hydrogen-bond donors (Lipinski definition) is 3. The van der Waals surface area contributed by atoms with Crippen molar-refractivity contribution in [1.82, 2.24) is 10.6 Å². The van der Waals surface area contributed by atoms with Crippen LogP contribution in [0.5, 0.6) is 0 Å². The van der Waals surface area contributed by atoms with Crippen molar-refractivity contribution in [2.75, 3.05) is 13.1 Å². The van der Waals surface area contributed by atoms with E-state index in [1.165, 1.54) is 0 Å². The molecule has 0 spiro atoms. The second-order valence-corrected chi connectivity index (χ2v) is 5.37. The van der Waals surface area contributed by atoms with Gasteiger partial charge < -0.3 is 15.7 Å². The van der Waals surface area contributed by atoms with Gasteiger partial charge in [0.15, 0.2) is 0 Å². The van der Waals surface area contributed by atoms with E-state index >= 15 is 0 Å². The van der Waals surface area contributed by atoms with Crippen LogP contribution < -0.4 is 10.6 Å². The van der Waals surface area contributed by atoms with Gasteiger partial charge in [0.25, 0.3) is 0 Å². The van der Waals surface area contributed by atoms with E-state index < -0.39 is 16.9 Å². The molecule has 1 heterocycles. The van der Waals surface area contributed by atoms with E-state index in [-0.39, 0.29) is 12.5 Å². The van der Waals surface area contributed by atoms with Crippen LogP contribution in [0.1, 0.15) is 46.5 Å². The summed E-state index contributed by atoms with van der Waals surface area (Å²) in [5.41, 5.74) is -1.38. The molecule has 1 aliphatic rings. The number of rotatable bonds is 6. The van der Waals surface area contributed by atoms with Gasteiger partial charge in [-0.1, -0.05) is 13.8 Å². The van der Waals surface area contributed by atoms with Crippen LogP contribution in [0, 0.1) is 5.41 Å². The molecule has 18 heavy (non-hydrogen) atoms. The summed E-state index contributed by atoms with van der Waals surface area (Å²) in [5.74, 6) is -0.932. The molecule has 1 fully saturated rings. The molecule has 0 aromatic heterocycles. The van der Waals surface area contributed by atoms with E-state index in [4.69, 9.17) is 5.11 Å². The van der Waals surface area contributed by atoms with Gasteiger partial charge in [-0.3, -0.25) is 9.59 Å². The van der Waals surface area contributed by atoms with Gasteiger partial charge in [-0.25, -0.2) is 0 Å². The zero-order chi connectivity index (χ0) is 13.8. The maximum Gasteiger partial charge on any atom is 0.311 e. The van der Waals surface area contributed by atoms with Crippen LogP contribution in [0.25, 0.3) is 0 Å². The minimum Gasteiger partial charge on any atom is -0.481 e. The molecule has 0 radical (unpaired) electrons. The number of carbonyl (C=O) groups is 2. The fraction of sp³-hybridized carbons (Fsp3) is 0.846. The molecule has 1 amide bonds. The van der Waals surface area contributed by atoms with Gasteiger partial charge in [-0.05, 0) is 39.2 Å². The highest BCUT2D eigenvalue weighted by atomic mass is 16.4. The summed E-state index contributed by atoms with van der Waals surface area (Å²) < 4.78 is 0. The molecule has 1 rings (SSSR count). The lowest BCUT2D eigenvalue weighted by Crippen LogP contribution is -2.55. The van der Waals surface area contributed by atoms with Gasteiger partial charge in [0.05, 0.1) is 11.0 Å². The lowest BCUT2D eigenvalue weighted by Gasteiger charge is -2.30. The summed E-state index contributed by atoms with van der Waals surface area (Å²) in [7, 11) is 0. The molecule has 2 atom stereocenters. The van der Waals surface area contributed by atoms with Crippen LogP contribution >= 0.6 is 0 Å². The molecule has 0 aliphatic carbocycles. The van der Waals surface area contributed by atoms with E-state index in [9.17, 15) is 9.59 Å². The third-order valence-corrected chi connectivity index (χ3v) is 4.22. The Hall–Kier alpha value is -1.10. The van der Waals surface area contributed by atoms with Crippen molar-refractivity contribution in [3.8, 4) is 0 Å². The third-order valence-electron chi connectivity index (χ3n) is 4.22. The van der Waals surface area contributed by atoms with E-state index in [1.54, 1.807) is 6.92 Å². The molecule has 5 nitrogen and oxygen atoms in total. The summed E-state index contributed by atoms with van der Waals surface area (Å²) in [4.78, 5) is 23.4. The standard InChI is InChI=1S/C13H24N2O3/c1-4-12(3,11(17)18)9-14-10(16)13(5-2)7-6-8-15-13/h15H,4-9H2,1-3H3,(H,14,16)(H,17,18). The molecule has 104 valence electrons. The van der Waals surface area contributed by atoms with Crippen molar-refractivity contribution >= 4 is 11.9 Å². The monoisotopic (exact) mass is 256 g/mol. The first kappa shape index (κ1) is 15.0. The van der Waals surface area contributed by atoms with Gasteiger partial charge >= 0.3 is 5.97 Å². The number of carboxylic acid groups (broad SMARTS) is 1. The third kappa shape index (κ3) is 2.83. The molecule has 3 N–H and O–H groups in total. The molecular weight excluding hydrogens is 232 g/mol. The predicted octanol–water partition coefficient (Wildman–Crippen LogP) is 1.14. The Bertz CT molecular complexity index is 324. The zero-order valence-corrected chi connectivity index (χ0v) is 11.5. The molecule has 0 aromatic carbocycles. The van der Waals surface area contributed by atoms with Crippen molar-refractivity contribution in [3.05, 3.63) is 0 Å². The van der Waals surface area contributed by atoms with Crippen molar-refractivity contribution in [2.45, 2.75) is 52.0 Å². The van der Waals surface area contributed by atoms with Crippen LogP contribution in [0.3, 0.4) is 0 Å². The highest BCUT2D eigenvalue weighted by Crippen LogP contribution is 2.25. The predicted molar refractivity (Wildman–Crippen MR) is 69.3 cm³/mol. The van der Waals surface area contributed by atoms with Gasteiger partial charge in [-0.15, -0.1) is 0 Å². The summed E-state index contributed by atoms with van der Waals surface area (Å²) in [6, 6.07) is 0. The van der Waals surface area contributed by atoms with Gasteiger partial charge in [0.2, 0.25) is 5.91 Å². The van der Waals surface area contributed by atoms with E-state index in [0.717, 1.165) is 25.8 Å². The number of amides is 1. The lowest BCUT2D eigenvalue weighted by atomic mass is 9.86. The van der Waals surface area contributed by atoms with Crippen molar-refractivity contribution in [3.63, 3.8) is 0 Å². The smallest absolute Gasteiger partial charge is 0.311 e. The van der Waals surface area contributed by atoms with Gasteiger partial charge in [0.1, 0.15) is 0 Å². The number of carboxylic acids is 1. The Morgan fingerprint density at radius 2 is 2.11 bits per heavy atom. The van der Waals surface area contributed by atoms with Crippen molar-refractivity contribution < 1.29 is 14.7 Å². The van der Waals surface area contributed by atoms with Crippen LogP contribution in [0.4, 0.5) is 0 Å². The molecule has 0 aromatic rings. The average molecular weight is 256 g/mol. The van der Waals surface area contributed by atoms with Crippen LogP contribution in [-0.2, 0) is 9.59 Å². The maximum absolute atomic E-state index is 12.2. The molecule has 1 saturated heterocycles. The second-order valence-electron chi connectivity index (χ2n) is 5.37. The Morgan fingerprint density at radius 3 is 2.50 bits per heavy atom. The minimum absolute atomic E-state index is 0.0663. The first-order valence-electron chi connectivity index (χ1n) is 6.67. The number of hydrogen-bond acceptors (Lipinski definition) is 3. The van der Waals surface area contributed by atoms with E-state index in [0.29, 0.717) is 6.42 Å². The first-order chi connectivity index (χ1) is 8.40. The SMILES string of the molecule is CCC(C)(CNC(=O)C1(CC)CCCN1)C(=O)O. The maximum atomic E-state index is 12.2. The average Bonchev–Trinajstić information content (AvgIpc) is 2.85. The Balaban J connectivity index is 2.62. The summed E-state index contributed by atoms with van der Waals surface area (Å²) in [5, 5.41) is 15.2. The quantitative estimate of drug-likeness (QED) is 0.666. The largest absolute Gasteiger partial charge is 0.481 e. The highest BCUT2D eigenvalue weighted by molar-refractivity contribution is 5.87. The normalized spacial score (nSPS) is 26.6. The topological polar surface area (TPSA) is 78.4 Å². The summed E-state index contributed by atoms with van der Waals surface area (Å²) in [6.45, 7) is 6.50. The first-order valence-corrected chi connectivity index (χ1v) is 6.67. The molecule has 0 bridgehead atoms.